The number of hydrazine groups is 1. The average Bonchev–Trinajstić information content (AvgIpc) is 3.02. The average molecular weight is 297 g/mol. The van der Waals surface area contributed by atoms with Crippen molar-refractivity contribution in [1.82, 2.24) is 13.7 Å². The Bertz CT molecular complexity index is 742. The van der Waals surface area contributed by atoms with Crippen LogP contribution in [0.4, 0.5) is 5.82 Å². The third kappa shape index (κ3) is 1.95. The van der Waals surface area contributed by atoms with E-state index >= 15 is 0 Å². The molecular weight excluding hydrogens is 282 g/mol. The van der Waals surface area contributed by atoms with E-state index in [1.807, 2.05) is 0 Å². The number of β-amino-alcohol motifs (C(OH)–C–C–N with tert-alkyl or cyclic N) is 1. The Balaban J connectivity index is 2.17. The summed E-state index contributed by atoms with van der Waals surface area (Å²) in [5.41, 5.74) is 2.81. The normalized spacial score (nSPS) is 20.6. The molecular formula is C11H15N5O3S. The van der Waals surface area contributed by atoms with Crippen LogP contribution in [0.3, 0.4) is 0 Å². The number of nitrogen functional groups attached to an aromatic ring is 1. The highest BCUT2D eigenvalue weighted by molar-refractivity contribution is 7.89. The Labute approximate surface area is 115 Å². The highest BCUT2D eigenvalue weighted by Crippen LogP contribution is 2.27. The second kappa shape index (κ2) is 4.70. The van der Waals surface area contributed by atoms with Gasteiger partial charge in [-0.05, 0) is 18.6 Å². The van der Waals surface area contributed by atoms with Gasteiger partial charge in [0.25, 0.3) is 10.0 Å². The Morgan fingerprint density at radius 3 is 2.90 bits per heavy atom. The molecule has 3 rings (SSSR count). The van der Waals surface area contributed by atoms with Gasteiger partial charge in [0.15, 0.2) is 5.82 Å². The van der Waals surface area contributed by atoms with E-state index < -0.39 is 16.1 Å². The molecule has 108 valence electrons. The third-order valence-corrected chi connectivity index (χ3v) is 5.22. The molecule has 1 saturated heterocycles. The van der Waals surface area contributed by atoms with Crippen molar-refractivity contribution in [3.05, 3.63) is 24.4 Å². The van der Waals surface area contributed by atoms with Crippen LogP contribution in [0.15, 0.2) is 29.4 Å². The number of sulfonamides is 1. The summed E-state index contributed by atoms with van der Waals surface area (Å²) >= 11 is 0. The molecule has 3 heterocycles. The quantitative estimate of drug-likeness (QED) is 0.514. The van der Waals surface area contributed by atoms with E-state index in [2.05, 4.69) is 10.4 Å². The van der Waals surface area contributed by atoms with Crippen LogP contribution in [0.2, 0.25) is 0 Å². The first-order chi connectivity index (χ1) is 9.54. The lowest BCUT2D eigenvalue weighted by Gasteiger charge is -2.16. The molecule has 0 aliphatic carbocycles. The van der Waals surface area contributed by atoms with Crippen molar-refractivity contribution >= 4 is 21.5 Å². The maximum Gasteiger partial charge on any atom is 0.263 e. The zero-order valence-electron chi connectivity index (χ0n) is 10.6. The van der Waals surface area contributed by atoms with Crippen LogP contribution < -0.4 is 11.3 Å². The fourth-order valence-corrected chi connectivity index (χ4v) is 4.08. The Morgan fingerprint density at radius 2 is 2.25 bits per heavy atom. The molecule has 1 aliphatic heterocycles. The monoisotopic (exact) mass is 297 g/mol. The lowest BCUT2D eigenvalue weighted by atomic mass is 10.3. The zero-order chi connectivity index (χ0) is 14.3. The van der Waals surface area contributed by atoms with Crippen LogP contribution >= 0.6 is 0 Å². The van der Waals surface area contributed by atoms with Crippen molar-refractivity contribution in [3.8, 4) is 0 Å². The van der Waals surface area contributed by atoms with E-state index in [9.17, 15) is 13.5 Å². The van der Waals surface area contributed by atoms with Gasteiger partial charge in [-0.3, -0.25) is 4.40 Å². The molecule has 1 atom stereocenters. The zero-order valence-corrected chi connectivity index (χ0v) is 11.4. The fraction of sp³-hybridized carbons (Fsp3) is 0.364. The van der Waals surface area contributed by atoms with Gasteiger partial charge in [0.2, 0.25) is 5.03 Å². The second-order valence-corrected chi connectivity index (χ2v) is 6.50. The number of nitrogens with zero attached hydrogens (tertiary/aromatic N) is 3. The number of hydrogen-bond donors (Lipinski definition) is 3. The van der Waals surface area contributed by atoms with Gasteiger partial charge in [0, 0.05) is 19.3 Å². The minimum atomic E-state index is -3.77. The van der Waals surface area contributed by atoms with Crippen molar-refractivity contribution in [2.24, 2.45) is 5.84 Å². The van der Waals surface area contributed by atoms with E-state index in [4.69, 9.17) is 5.84 Å². The summed E-state index contributed by atoms with van der Waals surface area (Å²) in [5.74, 6) is 5.47. The highest BCUT2D eigenvalue weighted by Gasteiger charge is 2.35. The predicted octanol–water partition coefficient (Wildman–Crippen LogP) is -0.625. The number of anilines is 1. The Hall–Kier alpha value is -1.68. The van der Waals surface area contributed by atoms with Crippen LogP contribution in [0, 0.1) is 0 Å². The SMILES string of the molecule is NNc1nc2ccccn2c1S(=O)(=O)N1CCC(O)C1. The Morgan fingerprint density at radius 1 is 1.45 bits per heavy atom. The number of aliphatic hydroxyl groups is 1. The minimum Gasteiger partial charge on any atom is -0.392 e. The largest absolute Gasteiger partial charge is 0.392 e. The highest BCUT2D eigenvalue weighted by atomic mass is 32.2. The lowest BCUT2D eigenvalue weighted by Crippen LogP contribution is -2.31. The van der Waals surface area contributed by atoms with E-state index in [1.165, 1.54) is 8.71 Å². The van der Waals surface area contributed by atoms with Gasteiger partial charge in [0.1, 0.15) is 5.65 Å². The number of nitrogens with two attached hydrogens (primary N) is 1. The number of imidazole rings is 1. The second-order valence-electron chi connectivity index (χ2n) is 4.64. The smallest absolute Gasteiger partial charge is 0.263 e. The van der Waals surface area contributed by atoms with E-state index in [0.717, 1.165) is 0 Å². The predicted molar refractivity (Wildman–Crippen MR) is 72.4 cm³/mol. The molecule has 0 saturated carbocycles. The van der Waals surface area contributed by atoms with Crippen LogP contribution in [0.1, 0.15) is 6.42 Å². The van der Waals surface area contributed by atoms with Gasteiger partial charge >= 0.3 is 0 Å². The fourth-order valence-electron chi connectivity index (χ4n) is 2.37. The molecule has 9 heteroatoms. The standard InChI is InChI=1S/C11H15N5O3S/c12-14-10-11(16-5-2-1-3-9(16)13-10)20(18,19)15-6-4-8(17)7-15/h1-3,5,8,14,17H,4,6-7,12H2. The molecule has 1 fully saturated rings. The van der Waals surface area contributed by atoms with Gasteiger partial charge in [-0.1, -0.05) is 6.07 Å². The maximum atomic E-state index is 12.7. The topological polar surface area (TPSA) is 113 Å². The molecule has 0 bridgehead atoms. The molecule has 1 aliphatic rings. The number of pyridine rings is 1. The number of nitrogens with one attached hydrogen (secondary N) is 1. The number of aliphatic hydroxyl groups excluding tert-OH is 1. The van der Waals surface area contributed by atoms with Crippen molar-refractivity contribution in [2.45, 2.75) is 17.6 Å². The molecule has 0 spiro atoms. The van der Waals surface area contributed by atoms with Crippen molar-refractivity contribution < 1.29 is 13.5 Å². The lowest BCUT2D eigenvalue weighted by molar-refractivity contribution is 0.189. The van der Waals surface area contributed by atoms with E-state index in [1.54, 1.807) is 24.4 Å². The van der Waals surface area contributed by atoms with Crippen molar-refractivity contribution in [2.75, 3.05) is 18.5 Å². The van der Waals surface area contributed by atoms with E-state index in [-0.39, 0.29) is 23.9 Å². The molecule has 2 aromatic rings. The van der Waals surface area contributed by atoms with Gasteiger partial charge in [-0.15, -0.1) is 0 Å². The minimum absolute atomic E-state index is 0.00954. The Kier molecular flexibility index (Phi) is 3.13. The van der Waals surface area contributed by atoms with Crippen molar-refractivity contribution in [1.29, 1.82) is 0 Å². The number of fused-ring (bicyclic) bond motifs is 1. The van der Waals surface area contributed by atoms with Crippen molar-refractivity contribution in [3.63, 3.8) is 0 Å². The maximum absolute atomic E-state index is 12.7. The van der Waals surface area contributed by atoms with Gasteiger partial charge in [-0.2, -0.15) is 4.31 Å². The van der Waals surface area contributed by atoms with Crippen LogP contribution in [-0.2, 0) is 10.0 Å². The van der Waals surface area contributed by atoms with Gasteiger partial charge < -0.3 is 10.5 Å². The molecule has 0 aromatic carbocycles. The molecule has 8 nitrogen and oxygen atoms in total. The molecule has 20 heavy (non-hydrogen) atoms. The molecule has 1 unspecified atom stereocenters. The molecule has 4 N–H and O–H groups in total. The number of rotatable bonds is 3. The van der Waals surface area contributed by atoms with Gasteiger partial charge in [0.05, 0.1) is 6.10 Å². The van der Waals surface area contributed by atoms with E-state index in [0.29, 0.717) is 12.1 Å². The first-order valence-corrected chi connectivity index (χ1v) is 7.60. The number of aromatic nitrogens is 2. The molecule has 2 aromatic heterocycles. The summed E-state index contributed by atoms with van der Waals surface area (Å²) in [6.45, 7) is 0.375. The van der Waals surface area contributed by atoms with Crippen LogP contribution in [0.5, 0.6) is 0 Å². The van der Waals surface area contributed by atoms with Crippen LogP contribution in [-0.4, -0.2) is 46.4 Å². The summed E-state index contributed by atoms with van der Waals surface area (Å²) in [4.78, 5) is 4.15. The van der Waals surface area contributed by atoms with Crippen LogP contribution in [0.25, 0.3) is 5.65 Å². The first kappa shape index (κ1) is 13.3. The molecule has 0 radical (unpaired) electrons. The first-order valence-electron chi connectivity index (χ1n) is 6.16. The van der Waals surface area contributed by atoms with Gasteiger partial charge in [-0.25, -0.2) is 19.2 Å². The summed E-state index contributed by atoms with van der Waals surface area (Å²) < 4.78 is 28.1. The summed E-state index contributed by atoms with van der Waals surface area (Å²) in [6.07, 6.45) is 1.42. The third-order valence-electron chi connectivity index (χ3n) is 3.33. The summed E-state index contributed by atoms with van der Waals surface area (Å²) in [6, 6.07) is 5.17. The number of hydrogen-bond acceptors (Lipinski definition) is 6. The molecule has 0 amide bonds. The summed E-state index contributed by atoms with van der Waals surface area (Å²) in [5, 5.41) is 9.52. The summed E-state index contributed by atoms with van der Waals surface area (Å²) in [7, 11) is -3.77.